The molecule has 0 saturated heterocycles. The number of aryl methyl sites for hydroxylation is 2. The standard InChI is InChI=1S/C18H19NO2/c1-12-6-3-4-8-14(12)18(21)19-11-10-16(20)15-9-5-7-13(2)17(15)19/h3-9,16,20H,10-11H2,1-2H3. The van der Waals surface area contributed by atoms with E-state index >= 15 is 0 Å². The monoisotopic (exact) mass is 281 g/mol. The summed E-state index contributed by atoms with van der Waals surface area (Å²) in [5.74, 6) is 0.00977. The van der Waals surface area contributed by atoms with Gasteiger partial charge < -0.3 is 10.0 Å². The predicted molar refractivity (Wildman–Crippen MR) is 83.6 cm³/mol. The Bertz CT molecular complexity index is 693. The first kappa shape index (κ1) is 13.8. The Morgan fingerprint density at radius 3 is 2.57 bits per heavy atom. The molecule has 3 heteroatoms. The number of carbonyl (C=O) groups is 1. The molecule has 1 aliphatic rings. The molecule has 2 aromatic rings. The van der Waals surface area contributed by atoms with Gasteiger partial charge in [0.25, 0.3) is 5.91 Å². The number of hydrogen-bond donors (Lipinski definition) is 1. The maximum Gasteiger partial charge on any atom is 0.258 e. The molecule has 108 valence electrons. The number of fused-ring (bicyclic) bond motifs is 1. The lowest BCUT2D eigenvalue weighted by Crippen LogP contribution is -2.37. The normalized spacial score (nSPS) is 17.5. The molecule has 0 saturated carbocycles. The first-order chi connectivity index (χ1) is 10.1. The summed E-state index contributed by atoms with van der Waals surface area (Å²) >= 11 is 0. The van der Waals surface area contributed by atoms with Crippen LogP contribution < -0.4 is 4.90 Å². The molecule has 1 unspecified atom stereocenters. The zero-order valence-corrected chi connectivity index (χ0v) is 12.3. The van der Waals surface area contributed by atoms with Crippen molar-refractivity contribution in [3.8, 4) is 0 Å². The number of nitrogens with zero attached hydrogens (tertiary/aromatic N) is 1. The third-order valence-electron chi connectivity index (χ3n) is 4.14. The van der Waals surface area contributed by atoms with Crippen LogP contribution in [0, 0.1) is 13.8 Å². The Labute approximate surface area is 124 Å². The first-order valence-electron chi connectivity index (χ1n) is 7.24. The summed E-state index contributed by atoms with van der Waals surface area (Å²) in [6.45, 7) is 4.48. The van der Waals surface area contributed by atoms with Gasteiger partial charge in [-0.2, -0.15) is 0 Å². The van der Waals surface area contributed by atoms with Crippen molar-refractivity contribution in [2.75, 3.05) is 11.4 Å². The van der Waals surface area contributed by atoms with E-state index in [1.807, 2.05) is 56.3 Å². The second-order valence-electron chi connectivity index (χ2n) is 5.59. The second kappa shape index (κ2) is 5.34. The van der Waals surface area contributed by atoms with Crippen LogP contribution in [-0.2, 0) is 0 Å². The van der Waals surface area contributed by atoms with E-state index < -0.39 is 6.10 Å². The molecule has 0 bridgehead atoms. The fourth-order valence-corrected chi connectivity index (χ4v) is 3.00. The smallest absolute Gasteiger partial charge is 0.258 e. The van der Waals surface area contributed by atoms with Crippen molar-refractivity contribution in [1.29, 1.82) is 0 Å². The van der Waals surface area contributed by atoms with Gasteiger partial charge in [-0.1, -0.05) is 36.4 Å². The number of anilines is 1. The van der Waals surface area contributed by atoms with Crippen LogP contribution in [0.3, 0.4) is 0 Å². The highest BCUT2D eigenvalue weighted by Crippen LogP contribution is 2.37. The highest BCUT2D eigenvalue weighted by Gasteiger charge is 2.29. The van der Waals surface area contributed by atoms with E-state index in [1.165, 1.54) is 0 Å². The minimum atomic E-state index is -0.485. The van der Waals surface area contributed by atoms with Crippen LogP contribution in [0.5, 0.6) is 0 Å². The molecule has 3 rings (SSSR count). The van der Waals surface area contributed by atoms with E-state index in [-0.39, 0.29) is 5.91 Å². The molecule has 1 N–H and O–H groups in total. The molecule has 1 heterocycles. The number of amides is 1. The summed E-state index contributed by atoms with van der Waals surface area (Å²) in [5, 5.41) is 10.2. The van der Waals surface area contributed by atoms with Crippen LogP contribution in [0.1, 0.15) is 39.6 Å². The highest BCUT2D eigenvalue weighted by molar-refractivity contribution is 6.08. The predicted octanol–water partition coefficient (Wildman–Crippen LogP) is 3.39. The summed E-state index contributed by atoms with van der Waals surface area (Å²) in [5.41, 5.74) is 4.44. The van der Waals surface area contributed by atoms with Gasteiger partial charge in [-0.3, -0.25) is 4.79 Å². The molecule has 1 amide bonds. The average molecular weight is 281 g/mol. The fourth-order valence-electron chi connectivity index (χ4n) is 3.00. The Balaban J connectivity index is 2.08. The number of hydrogen-bond acceptors (Lipinski definition) is 2. The Morgan fingerprint density at radius 1 is 1.10 bits per heavy atom. The van der Waals surface area contributed by atoms with Crippen LogP contribution in [0.4, 0.5) is 5.69 Å². The number of carbonyl (C=O) groups excluding carboxylic acids is 1. The molecular weight excluding hydrogens is 262 g/mol. The number of aliphatic hydroxyl groups excluding tert-OH is 1. The van der Waals surface area contributed by atoms with E-state index in [2.05, 4.69) is 0 Å². The minimum absolute atomic E-state index is 0.00977. The lowest BCUT2D eigenvalue weighted by molar-refractivity contribution is 0.0969. The molecule has 3 nitrogen and oxygen atoms in total. The molecule has 0 aromatic heterocycles. The van der Waals surface area contributed by atoms with Crippen LogP contribution in [0.2, 0.25) is 0 Å². The summed E-state index contributed by atoms with van der Waals surface area (Å²) in [7, 11) is 0. The molecule has 0 fully saturated rings. The lowest BCUT2D eigenvalue weighted by atomic mass is 9.94. The maximum atomic E-state index is 12.9. The quantitative estimate of drug-likeness (QED) is 0.870. The van der Waals surface area contributed by atoms with Crippen molar-refractivity contribution < 1.29 is 9.90 Å². The zero-order chi connectivity index (χ0) is 15.0. The number of benzene rings is 2. The van der Waals surface area contributed by atoms with E-state index in [0.717, 1.165) is 27.9 Å². The molecule has 1 aliphatic heterocycles. The number of aliphatic hydroxyl groups is 1. The minimum Gasteiger partial charge on any atom is -0.388 e. The van der Waals surface area contributed by atoms with Gasteiger partial charge in [0.05, 0.1) is 11.8 Å². The second-order valence-corrected chi connectivity index (χ2v) is 5.59. The van der Waals surface area contributed by atoms with Crippen molar-refractivity contribution in [2.45, 2.75) is 26.4 Å². The van der Waals surface area contributed by atoms with Crippen molar-refractivity contribution in [3.05, 3.63) is 64.7 Å². The highest BCUT2D eigenvalue weighted by atomic mass is 16.3. The summed E-state index contributed by atoms with van der Waals surface area (Å²) in [6, 6.07) is 13.5. The zero-order valence-electron chi connectivity index (χ0n) is 12.3. The topological polar surface area (TPSA) is 40.5 Å². The van der Waals surface area contributed by atoms with Crippen molar-refractivity contribution in [1.82, 2.24) is 0 Å². The fraction of sp³-hybridized carbons (Fsp3) is 0.278. The molecule has 0 radical (unpaired) electrons. The summed E-state index contributed by atoms with van der Waals surface area (Å²) in [4.78, 5) is 14.7. The van der Waals surface area contributed by atoms with Crippen molar-refractivity contribution >= 4 is 11.6 Å². The lowest BCUT2D eigenvalue weighted by Gasteiger charge is -2.34. The molecule has 0 aliphatic carbocycles. The van der Waals surface area contributed by atoms with Gasteiger partial charge in [-0.25, -0.2) is 0 Å². The van der Waals surface area contributed by atoms with E-state index in [4.69, 9.17) is 0 Å². The largest absolute Gasteiger partial charge is 0.388 e. The Hall–Kier alpha value is -2.13. The molecular formula is C18H19NO2. The average Bonchev–Trinajstić information content (AvgIpc) is 2.48. The van der Waals surface area contributed by atoms with Gasteiger partial charge >= 0.3 is 0 Å². The first-order valence-corrected chi connectivity index (χ1v) is 7.24. The molecule has 0 spiro atoms. The van der Waals surface area contributed by atoms with Gasteiger partial charge in [-0.05, 0) is 37.5 Å². The van der Waals surface area contributed by atoms with Gasteiger partial charge in [-0.15, -0.1) is 0 Å². The van der Waals surface area contributed by atoms with Crippen LogP contribution in [-0.4, -0.2) is 17.6 Å². The van der Waals surface area contributed by atoms with Crippen molar-refractivity contribution in [3.63, 3.8) is 0 Å². The van der Waals surface area contributed by atoms with Gasteiger partial charge in [0.2, 0.25) is 0 Å². The number of rotatable bonds is 1. The number of para-hydroxylation sites is 1. The third-order valence-corrected chi connectivity index (χ3v) is 4.14. The van der Waals surface area contributed by atoms with E-state index in [0.29, 0.717) is 13.0 Å². The van der Waals surface area contributed by atoms with Crippen molar-refractivity contribution in [2.24, 2.45) is 0 Å². The van der Waals surface area contributed by atoms with Crippen LogP contribution in [0.25, 0.3) is 0 Å². The summed E-state index contributed by atoms with van der Waals surface area (Å²) in [6.07, 6.45) is 0.0921. The molecule has 1 atom stereocenters. The third kappa shape index (κ3) is 2.34. The van der Waals surface area contributed by atoms with Gasteiger partial charge in [0.15, 0.2) is 0 Å². The Morgan fingerprint density at radius 2 is 1.81 bits per heavy atom. The summed E-state index contributed by atoms with van der Waals surface area (Å²) < 4.78 is 0. The molecule has 21 heavy (non-hydrogen) atoms. The maximum absolute atomic E-state index is 12.9. The SMILES string of the molecule is Cc1ccccc1C(=O)N1CCC(O)c2cccc(C)c21. The van der Waals surface area contributed by atoms with Crippen LogP contribution >= 0.6 is 0 Å². The Kier molecular flexibility index (Phi) is 3.52. The van der Waals surface area contributed by atoms with E-state index in [1.54, 1.807) is 4.90 Å². The molecule has 2 aromatic carbocycles. The van der Waals surface area contributed by atoms with Gasteiger partial charge in [0, 0.05) is 17.7 Å². The van der Waals surface area contributed by atoms with Gasteiger partial charge in [0.1, 0.15) is 0 Å². The van der Waals surface area contributed by atoms with Crippen LogP contribution in [0.15, 0.2) is 42.5 Å². The van der Waals surface area contributed by atoms with E-state index in [9.17, 15) is 9.90 Å².